The number of carbonyl (C=O) groups is 1. The summed E-state index contributed by atoms with van der Waals surface area (Å²) in [5, 5.41) is 0. The first-order valence-electron chi connectivity index (χ1n) is 4.58. The van der Waals surface area contributed by atoms with Crippen molar-refractivity contribution in [3.63, 3.8) is 0 Å². The molecule has 0 radical (unpaired) electrons. The van der Waals surface area contributed by atoms with Crippen LogP contribution in [0.1, 0.15) is 23.7 Å². The molecule has 2 nitrogen and oxygen atoms in total. The zero-order valence-electron chi connectivity index (χ0n) is 7.66. The molecule has 1 fully saturated rings. The van der Waals surface area contributed by atoms with Gasteiger partial charge in [-0.25, -0.2) is 0 Å². The van der Waals surface area contributed by atoms with Gasteiger partial charge < -0.3 is 5.73 Å². The molecule has 1 aliphatic carbocycles. The minimum absolute atomic E-state index is 0.267. The maximum Gasteiger partial charge on any atom is 0.166 e. The van der Waals surface area contributed by atoms with Crippen LogP contribution in [0.15, 0.2) is 24.3 Å². The Balaban J connectivity index is 2.17. The van der Waals surface area contributed by atoms with Gasteiger partial charge in [0.1, 0.15) is 0 Å². The highest BCUT2D eigenvalue weighted by atomic mass is 16.1. The number of Topliss-reactive ketones (excluding diaryl/α,β-unsaturated/α-hetero) is 1. The van der Waals surface area contributed by atoms with Crippen molar-refractivity contribution in [1.82, 2.24) is 0 Å². The zero-order valence-corrected chi connectivity index (χ0v) is 7.66. The van der Waals surface area contributed by atoms with Crippen molar-refractivity contribution >= 4 is 11.5 Å². The molecule has 0 spiro atoms. The molecule has 2 rings (SSSR count). The number of carbonyl (C=O) groups excluding carboxylic acids is 1. The van der Waals surface area contributed by atoms with Gasteiger partial charge >= 0.3 is 0 Å². The molecule has 2 unspecified atom stereocenters. The van der Waals surface area contributed by atoms with E-state index in [1.807, 2.05) is 12.1 Å². The summed E-state index contributed by atoms with van der Waals surface area (Å²) >= 11 is 0. The molecular weight excluding hydrogens is 162 g/mol. The molecule has 0 saturated heterocycles. The van der Waals surface area contributed by atoms with Crippen LogP contribution in [0.25, 0.3) is 0 Å². The second-order valence-electron chi connectivity index (χ2n) is 3.81. The molecule has 0 amide bonds. The third kappa shape index (κ3) is 1.57. The van der Waals surface area contributed by atoms with E-state index in [-0.39, 0.29) is 11.7 Å². The van der Waals surface area contributed by atoms with E-state index < -0.39 is 0 Å². The minimum atomic E-state index is 0.267. The van der Waals surface area contributed by atoms with E-state index >= 15 is 0 Å². The molecule has 1 saturated carbocycles. The number of hydrogen-bond acceptors (Lipinski definition) is 2. The lowest BCUT2D eigenvalue weighted by molar-refractivity contribution is 0.0962. The Morgan fingerprint density at radius 1 is 1.38 bits per heavy atom. The highest BCUT2D eigenvalue weighted by Gasteiger charge is 2.39. The van der Waals surface area contributed by atoms with Crippen molar-refractivity contribution in [3.8, 4) is 0 Å². The highest BCUT2D eigenvalue weighted by Crippen LogP contribution is 2.40. The van der Waals surface area contributed by atoms with Crippen LogP contribution in [-0.2, 0) is 0 Å². The van der Waals surface area contributed by atoms with Gasteiger partial charge in [0.05, 0.1) is 0 Å². The van der Waals surface area contributed by atoms with Gasteiger partial charge in [0, 0.05) is 17.2 Å². The predicted octanol–water partition coefficient (Wildman–Crippen LogP) is 2.11. The van der Waals surface area contributed by atoms with Crippen molar-refractivity contribution < 1.29 is 4.79 Å². The smallest absolute Gasteiger partial charge is 0.166 e. The van der Waals surface area contributed by atoms with Crippen molar-refractivity contribution in [2.75, 3.05) is 5.73 Å². The van der Waals surface area contributed by atoms with Gasteiger partial charge in [-0.1, -0.05) is 6.92 Å². The van der Waals surface area contributed by atoms with Crippen LogP contribution in [0.3, 0.4) is 0 Å². The third-order valence-electron chi connectivity index (χ3n) is 2.64. The number of rotatable bonds is 2. The van der Waals surface area contributed by atoms with Crippen LogP contribution < -0.4 is 5.73 Å². The van der Waals surface area contributed by atoms with Gasteiger partial charge in [-0.05, 0) is 36.6 Å². The Labute approximate surface area is 77.8 Å². The second kappa shape index (κ2) is 2.87. The van der Waals surface area contributed by atoms with Crippen molar-refractivity contribution in [1.29, 1.82) is 0 Å². The quantitative estimate of drug-likeness (QED) is 0.552. The van der Waals surface area contributed by atoms with Crippen LogP contribution in [0.2, 0.25) is 0 Å². The first kappa shape index (κ1) is 8.30. The number of benzene rings is 1. The molecule has 68 valence electrons. The minimum Gasteiger partial charge on any atom is -0.399 e. The standard InChI is InChI=1S/C11H13NO/c1-7-6-10(7)11(13)8-2-4-9(12)5-3-8/h2-5,7,10H,6,12H2,1H3. The third-order valence-corrected chi connectivity index (χ3v) is 2.64. The Morgan fingerprint density at radius 2 is 1.92 bits per heavy atom. The molecule has 2 N–H and O–H groups in total. The lowest BCUT2D eigenvalue weighted by Crippen LogP contribution is -2.02. The summed E-state index contributed by atoms with van der Waals surface area (Å²) in [4.78, 5) is 11.7. The van der Waals surface area contributed by atoms with Crippen LogP contribution in [0.5, 0.6) is 0 Å². The van der Waals surface area contributed by atoms with E-state index in [1.165, 1.54) is 0 Å². The number of ketones is 1. The lowest BCUT2D eigenvalue weighted by atomic mass is 10.1. The summed E-state index contributed by atoms with van der Waals surface area (Å²) in [5.74, 6) is 1.11. The fourth-order valence-corrected chi connectivity index (χ4v) is 1.55. The molecule has 2 atom stereocenters. The predicted molar refractivity (Wildman–Crippen MR) is 52.5 cm³/mol. The molecule has 13 heavy (non-hydrogen) atoms. The van der Waals surface area contributed by atoms with Gasteiger partial charge in [0.15, 0.2) is 5.78 Å². The van der Waals surface area contributed by atoms with E-state index in [9.17, 15) is 4.79 Å². The molecule has 1 aliphatic rings. The van der Waals surface area contributed by atoms with Crippen molar-refractivity contribution in [3.05, 3.63) is 29.8 Å². The van der Waals surface area contributed by atoms with Crippen LogP contribution in [-0.4, -0.2) is 5.78 Å². The van der Waals surface area contributed by atoms with Gasteiger partial charge in [0.2, 0.25) is 0 Å². The fraction of sp³-hybridized carbons (Fsp3) is 0.364. The molecule has 1 aromatic rings. The highest BCUT2D eigenvalue weighted by molar-refractivity contribution is 5.99. The Morgan fingerprint density at radius 3 is 2.38 bits per heavy atom. The first-order chi connectivity index (χ1) is 6.18. The molecule has 0 bridgehead atoms. The summed E-state index contributed by atoms with van der Waals surface area (Å²) in [6.07, 6.45) is 1.04. The summed E-state index contributed by atoms with van der Waals surface area (Å²) < 4.78 is 0. The van der Waals surface area contributed by atoms with Crippen molar-refractivity contribution in [2.24, 2.45) is 11.8 Å². The summed E-state index contributed by atoms with van der Waals surface area (Å²) in [6.45, 7) is 2.11. The van der Waals surface area contributed by atoms with Crippen LogP contribution in [0, 0.1) is 11.8 Å². The van der Waals surface area contributed by atoms with Crippen molar-refractivity contribution in [2.45, 2.75) is 13.3 Å². The summed E-state index contributed by atoms with van der Waals surface area (Å²) in [7, 11) is 0. The van der Waals surface area contributed by atoms with E-state index in [4.69, 9.17) is 5.73 Å². The molecule has 1 aromatic carbocycles. The number of nitrogen functional groups attached to an aromatic ring is 1. The zero-order chi connectivity index (χ0) is 9.42. The maximum atomic E-state index is 11.7. The Bertz CT molecular complexity index is 328. The van der Waals surface area contributed by atoms with Gasteiger partial charge in [-0.15, -0.1) is 0 Å². The van der Waals surface area contributed by atoms with Crippen LogP contribution in [0.4, 0.5) is 5.69 Å². The number of anilines is 1. The molecule has 0 heterocycles. The van der Waals surface area contributed by atoms with Crippen LogP contribution >= 0.6 is 0 Å². The average molecular weight is 175 g/mol. The Kier molecular flexibility index (Phi) is 1.83. The van der Waals surface area contributed by atoms with Gasteiger partial charge in [0.25, 0.3) is 0 Å². The number of hydrogen-bond donors (Lipinski definition) is 1. The second-order valence-corrected chi connectivity index (χ2v) is 3.81. The SMILES string of the molecule is CC1CC1C(=O)c1ccc(N)cc1. The molecular formula is C11H13NO. The summed E-state index contributed by atoms with van der Waals surface area (Å²) in [5.41, 5.74) is 7.04. The summed E-state index contributed by atoms with van der Waals surface area (Å²) in [6, 6.07) is 7.17. The topological polar surface area (TPSA) is 43.1 Å². The fourth-order valence-electron chi connectivity index (χ4n) is 1.55. The van der Waals surface area contributed by atoms with E-state index in [0.717, 1.165) is 12.0 Å². The Hall–Kier alpha value is -1.31. The van der Waals surface area contributed by atoms with E-state index in [0.29, 0.717) is 11.6 Å². The van der Waals surface area contributed by atoms with E-state index in [2.05, 4.69) is 6.92 Å². The normalized spacial score (nSPS) is 25.6. The largest absolute Gasteiger partial charge is 0.399 e. The monoisotopic (exact) mass is 175 g/mol. The van der Waals surface area contributed by atoms with Gasteiger partial charge in [-0.3, -0.25) is 4.79 Å². The number of nitrogens with two attached hydrogens (primary N) is 1. The maximum absolute atomic E-state index is 11.7. The first-order valence-corrected chi connectivity index (χ1v) is 4.58. The lowest BCUT2D eigenvalue weighted by Gasteiger charge is -1.99. The molecule has 0 aliphatic heterocycles. The molecule has 2 heteroatoms. The van der Waals surface area contributed by atoms with E-state index in [1.54, 1.807) is 12.1 Å². The van der Waals surface area contributed by atoms with Gasteiger partial charge in [-0.2, -0.15) is 0 Å². The molecule has 0 aromatic heterocycles. The average Bonchev–Trinajstić information content (AvgIpc) is 2.83.